The van der Waals surface area contributed by atoms with E-state index in [4.69, 9.17) is 9.47 Å². The molecule has 0 bridgehead atoms. The van der Waals surface area contributed by atoms with Crippen molar-refractivity contribution in [3.8, 4) is 0 Å². The van der Waals surface area contributed by atoms with Crippen molar-refractivity contribution < 1.29 is 14.3 Å². The third-order valence-corrected chi connectivity index (χ3v) is 4.02. The maximum atomic E-state index is 11.9. The van der Waals surface area contributed by atoms with Gasteiger partial charge < -0.3 is 9.47 Å². The summed E-state index contributed by atoms with van der Waals surface area (Å²) in [5.74, 6) is 2.21. The minimum absolute atomic E-state index is 0.289. The molecule has 3 heteroatoms. The number of hydrogen-bond acceptors (Lipinski definition) is 3. The quantitative estimate of drug-likeness (QED) is 0.626. The second-order valence-corrected chi connectivity index (χ2v) is 5.69. The number of Topliss-reactive ketones (excluding diaryl/α,β-unsaturated/α-hetero) is 1. The van der Waals surface area contributed by atoms with Gasteiger partial charge in [-0.05, 0) is 37.5 Å². The summed E-state index contributed by atoms with van der Waals surface area (Å²) in [5.41, 5.74) is 0. The summed E-state index contributed by atoms with van der Waals surface area (Å²) < 4.78 is 10.4. The topological polar surface area (TPSA) is 35.5 Å². The molecule has 0 aromatic rings. The number of ether oxygens (including phenoxy) is 2. The van der Waals surface area contributed by atoms with Crippen LogP contribution in [0.15, 0.2) is 0 Å². The lowest BCUT2D eigenvalue weighted by Crippen LogP contribution is -2.27. The fourth-order valence-corrected chi connectivity index (χ4v) is 2.71. The Balaban J connectivity index is 2.17. The van der Waals surface area contributed by atoms with E-state index in [1.54, 1.807) is 7.11 Å². The second kappa shape index (κ2) is 8.65. The van der Waals surface area contributed by atoms with Crippen LogP contribution in [0.1, 0.15) is 46.0 Å². The van der Waals surface area contributed by atoms with Gasteiger partial charge in [-0.15, -0.1) is 0 Å². The van der Waals surface area contributed by atoms with Crippen molar-refractivity contribution >= 4 is 5.78 Å². The molecule has 1 aliphatic rings. The third-order valence-electron chi connectivity index (χ3n) is 4.02. The van der Waals surface area contributed by atoms with E-state index in [1.807, 2.05) is 0 Å². The van der Waals surface area contributed by atoms with Crippen LogP contribution in [0.3, 0.4) is 0 Å². The van der Waals surface area contributed by atoms with Crippen LogP contribution in [-0.2, 0) is 14.3 Å². The Bertz CT molecular complexity index is 238. The zero-order valence-electron chi connectivity index (χ0n) is 12.1. The Kier molecular flexibility index (Phi) is 7.52. The summed E-state index contributed by atoms with van der Waals surface area (Å²) in [7, 11) is 1.68. The minimum Gasteiger partial charge on any atom is -0.382 e. The number of rotatable bonds is 8. The van der Waals surface area contributed by atoms with Crippen LogP contribution < -0.4 is 0 Å². The molecule has 0 radical (unpaired) electrons. The molecule has 0 spiro atoms. The van der Waals surface area contributed by atoms with Crippen molar-refractivity contribution in [1.29, 1.82) is 0 Å². The number of methoxy groups -OCH3 is 1. The van der Waals surface area contributed by atoms with E-state index >= 15 is 0 Å². The average molecular weight is 256 g/mol. The van der Waals surface area contributed by atoms with Crippen LogP contribution >= 0.6 is 0 Å². The minimum atomic E-state index is 0.289. The highest BCUT2D eigenvalue weighted by atomic mass is 16.5. The molecule has 106 valence electrons. The zero-order valence-corrected chi connectivity index (χ0v) is 12.1. The summed E-state index contributed by atoms with van der Waals surface area (Å²) in [5, 5.41) is 0. The first-order valence-corrected chi connectivity index (χ1v) is 7.24. The van der Waals surface area contributed by atoms with Crippen LogP contribution in [-0.4, -0.2) is 32.7 Å². The maximum absolute atomic E-state index is 11.9. The van der Waals surface area contributed by atoms with E-state index in [9.17, 15) is 4.79 Å². The molecule has 18 heavy (non-hydrogen) atoms. The highest BCUT2D eigenvalue weighted by Crippen LogP contribution is 2.33. The summed E-state index contributed by atoms with van der Waals surface area (Å²) in [6.45, 7) is 6.60. The van der Waals surface area contributed by atoms with Gasteiger partial charge in [0, 0.05) is 26.1 Å². The molecule has 1 rings (SSSR count). The highest BCUT2D eigenvalue weighted by Gasteiger charge is 2.29. The van der Waals surface area contributed by atoms with Crippen LogP contribution in [0, 0.1) is 17.8 Å². The molecule has 0 N–H and O–H groups in total. The first kappa shape index (κ1) is 15.6. The fourth-order valence-electron chi connectivity index (χ4n) is 2.71. The fraction of sp³-hybridized carbons (Fsp3) is 0.933. The van der Waals surface area contributed by atoms with Gasteiger partial charge in [0.05, 0.1) is 13.2 Å². The molecule has 1 aliphatic carbocycles. The lowest BCUT2D eigenvalue weighted by atomic mass is 9.74. The lowest BCUT2D eigenvalue weighted by molar-refractivity contribution is -0.126. The van der Waals surface area contributed by atoms with Crippen LogP contribution in [0.4, 0.5) is 0 Å². The van der Waals surface area contributed by atoms with Crippen molar-refractivity contribution in [3.05, 3.63) is 0 Å². The molecule has 0 amide bonds. The van der Waals surface area contributed by atoms with Gasteiger partial charge in [0.2, 0.25) is 0 Å². The molecule has 0 aliphatic heterocycles. The smallest absolute Gasteiger partial charge is 0.135 e. The summed E-state index contributed by atoms with van der Waals surface area (Å²) >= 11 is 0. The molecule has 0 saturated heterocycles. The van der Waals surface area contributed by atoms with Gasteiger partial charge in [0.15, 0.2) is 0 Å². The molecular weight excluding hydrogens is 228 g/mol. The molecule has 2 atom stereocenters. The van der Waals surface area contributed by atoms with Gasteiger partial charge in [-0.1, -0.05) is 13.8 Å². The summed E-state index contributed by atoms with van der Waals surface area (Å²) in [6.07, 6.45) is 4.96. The Hall–Kier alpha value is -0.410. The van der Waals surface area contributed by atoms with Crippen LogP contribution in [0.2, 0.25) is 0 Å². The van der Waals surface area contributed by atoms with E-state index in [0.29, 0.717) is 24.9 Å². The summed E-state index contributed by atoms with van der Waals surface area (Å²) in [4.78, 5) is 11.9. The van der Waals surface area contributed by atoms with Crippen molar-refractivity contribution in [2.75, 3.05) is 26.9 Å². The average Bonchev–Trinajstić information content (AvgIpc) is 2.35. The van der Waals surface area contributed by atoms with Crippen molar-refractivity contribution in [2.24, 2.45) is 17.8 Å². The van der Waals surface area contributed by atoms with E-state index < -0.39 is 0 Å². The van der Waals surface area contributed by atoms with Gasteiger partial charge in [-0.3, -0.25) is 4.79 Å². The largest absolute Gasteiger partial charge is 0.382 e. The van der Waals surface area contributed by atoms with Gasteiger partial charge in [-0.2, -0.15) is 0 Å². The Morgan fingerprint density at radius 3 is 2.72 bits per heavy atom. The Labute approximate surface area is 111 Å². The molecule has 0 aromatic heterocycles. The van der Waals surface area contributed by atoms with E-state index in [2.05, 4.69) is 13.8 Å². The number of carbonyl (C=O) groups excluding carboxylic acids is 1. The SMILES string of the molecule is COCCOCCCC1CC(C(C)C)CCC1=O. The molecule has 1 saturated carbocycles. The monoisotopic (exact) mass is 256 g/mol. The first-order valence-electron chi connectivity index (χ1n) is 7.24. The standard InChI is InChI=1S/C15H28O3/c1-12(2)13-6-7-15(16)14(11-13)5-4-8-18-10-9-17-3/h12-14H,4-11H2,1-3H3. The van der Waals surface area contributed by atoms with Gasteiger partial charge in [0.1, 0.15) is 5.78 Å². The molecule has 0 heterocycles. The highest BCUT2D eigenvalue weighted by molar-refractivity contribution is 5.81. The lowest BCUT2D eigenvalue weighted by Gasteiger charge is -2.30. The number of hydrogen-bond donors (Lipinski definition) is 0. The van der Waals surface area contributed by atoms with E-state index in [0.717, 1.165) is 44.6 Å². The van der Waals surface area contributed by atoms with E-state index in [-0.39, 0.29) is 5.92 Å². The van der Waals surface area contributed by atoms with Crippen LogP contribution in [0.25, 0.3) is 0 Å². The molecule has 3 nitrogen and oxygen atoms in total. The molecular formula is C15H28O3. The third kappa shape index (κ3) is 5.49. The first-order chi connectivity index (χ1) is 8.65. The van der Waals surface area contributed by atoms with Crippen molar-refractivity contribution in [3.63, 3.8) is 0 Å². The number of carbonyl (C=O) groups is 1. The predicted molar refractivity (Wildman–Crippen MR) is 72.6 cm³/mol. The Morgan fingerprint density at radius 1 is 1.28 bits per heavy atom. The van der Waals surface area contributed by atoms with Gasteiger partial charge in [0.25, 0.3) is 0 Å². The Morgan fingerprint density at radius 2 is 2.06 bits per heavy atom. The summed E-state index contributed by atoms with van der Waals surface area (Å²) in [6, 6.07) is 0. The van der Waals surface area contributed by atoms with Crippen molar-refractivity contribution in [2.45, 2.75) is 46.0 Å². The van der Waals surface area contributed by atoms with Crippen molar-refractivity contribution in [1.82, 2.24) is 0 Å². The predicted octanol–water partition coefficient (Wildman–Crippen LogP) is 3.07. The van der Waals surface area contributed by atoms with Gasteiger partial charge in [-0.25, -0.2) is 0 Å². The maximum Gasteiger partial charge on any atom is 0.135 e. The molecule has 2 unspecified atom stereocenters. The second-order valence-electron chi connectivity index (χ2n) is 5.69. The van der Waals surface area contributed by atoms with E-state index in [1.165, 1.54) is 0 Å². The number of ketones is 1. The van der Waals surface area contributed by atoms with Crippen LogP contribution in [0.5, 0.6) is 0 Å². The normalized spacial score (nSPS) is 24.8. The molecule has 0 aromatic carbocycles. The van der Waals surface area contributed by atoms with Gasteiger partial charge >= 0.3 is 0 Å². The zero-order chi connectivity index (χ0) is 13.4. The molecule has 1 fully saturated rings.